The molecule has 0 radical (unpaired) electrons. The monoisotopic (exact) mass is 240 g/mol. The van der Waals surface area contributed by atoms with E-state index in [1.54, 1.807) is 7.11 Å². The summed E-state index contributed by atoms with van der Waals surface area (Å²) in [5.74, 6) is 1.43. The van der Waals surface area contributed by atoms with Gasteiger partial charge in [0.25, 0.3) is 0 Å². The van der Waals surface area contributed by atoms with Crippen molar-refractivity contribution in [2.24, 2.45) is 11.8 Å². The van der Waals surface area contributed by atoms with Crippen LogP contribution >= 0.6 is 0 Å². The lowest BCUT2D eigenvalue weighted by atomic mass is 9.85. The second kappa shape index (κ2) is 7.38. The summed E-state index contributed by atoms with van der Waals surface area (Å²) < 4.78 is 11.3. The van der Waals surface area contributed by atoms with E-state index >= 15 is 0 Å². The van der Waals surface area contributed by atoms with E-state index in [2.05, 4.69) is 0 Å². The summed E-state index contributed by atoms with van der Waals surface area (Å²) in [5.41, 5.74) is 0. The third-order valence-electron chi connectivity index (χ3n) is 4.52. The Hall–Kier alpha value is -0.0800. The molecule has 1 aliphatic carbocycles. The maximum absolute atomic E-state index is 5.78. The topological polar surface area (TPSA) is 18.5 Å². The lowest BCUT2D eigenvalue weighted by molar-refractivity contribution is -0.111. The van der Waals surface area contributed by atoms with Crippen LogP contribution in [0.2, 0.25) is 0 Å². The average Bonchev–Trinajstić information content (AvgIpc) is 2.71. The fourth-order valence-electron chi connectivity index (χ4n) is 3.45. The van der Waals surface area contributed by atoms with Crippen LogP contribution in [0.5, 0.6) is 0 Å². The molecule has 2 aliphatic rings. The second-order valence-electron chi connectivity index (χ2n) is 5.77. The predicted octanol–water partition coefficient (Wildman–Crippen LogP) is 4.14. The Labute approximate surface area is 106 Å². The van der Waals surface area contributed by atoms with E-state index in [4.69, 9.17) is 9.47 Å². The molecule has 3 atom stereocenters. The Morgan fingerprint density at radius 2 is 1.41 bits per heavy atom. The molecule has 1 saturated heterocycles. The van der Waals surface area contributed by atoms with Gasteiger partial charge in [0.1, 0.15) is 0 Å². The van der Waals surface area contributed by atoms with Crippen LogP contribution in [-0.4, -0.2) is 20.0 Å². The molecule has 2 rings (SSSR count). The van der Waals surface area contributed by atoms with E-state index in [-0.39, 0.29) is 6.29 Å². The molecule has 0 unspecified atom stereocenters. The van der Waals surface area contributed by atoms with Crippen LogP contribution in [0.15, 0.2) is 0 Å². The van der Waals surface area contributed by atoms with E-state index in [1.165, 1.54) is 64.2 Å². The van der Waals surface area contributed by atoms with Crippen LogP contribution in [0.25, 0.3) is 0 Å². The molecule has 0 aromatic rings. The van der Waals surface area contributed by atoms with Gasteiger partial charge in [0.2, 0.25) is 0 Å². The number of methoxy groups -OCH3 is 1. The third-order valence-corrected chi connectivity index (χ3v) is 4.52. The van der Waals surface area contributed by atoms with Gasteiger partial charge >= 0.3 is 0 Å². The number of fused-ring (bicyclic) bond motifs is 1. The van der Waals surface area contributed by atoms with Crippen LogP contribution in [0.3, 0.4) is 0 Å². The summed E-state index contributed by atoms with van der Waals surface area (Å²) in [6.07, 6.45) is 14.1. The molecule has 0 N–H and O–H groups in total. The molecule has 2 fully saturated rings. The zero-order valence-electron chi connectivity index (χ0n) is 11.3. The van der Waals surface area contributed by atoms with E-state index < -0.39 is 0 Å². The summed E-state index contributed by atoms with van der Waals surface area (Å²) in [6.45, 7) is 0.934. The molecule has 1 aliphatic heterocycles. The van der Waals surface area contributed by atoms with Gasteiger partial charge in [-0.25, -0.2) is 0 Å². The maximum Gasteiger partial charge on any atom is 0.160 e. The first-order chi connectivity index (χ1) is 8.42. The van der Waals surface area contributed by atoms with E-state index in [9.17, 15) is 0 Å². The minimum Gasteiger partial charge on any atom is -0.356 e. The number of hydrogen-bond acceptors (Lipinski definition) is 2. The molecule has 0 bridgehead atoms. The van der Waals surface area contributed by atoms with Crippen molar-refractivity contribution < 1.29 is 9.47 Å². The summed E-state index contributed by atoms with van der Waals surface area (Å²) in [7, 11) is 1.79. The van der Waals surface area contributed by atoms with E-state index in [0.717, 1.165) is 12.5 Å². The summed E-state index contributed by atoms with van der Waals surface area (Å²) in [5, 5.41) is 0. The van der Waals surface area contributed by atoms with Crippen LogP contribution < -0.4 is 0 Å². The molecule has 2 heteroatoms. The molecular weight excluding hydrogens is 212 g/mol. The van der Waals surface area contributed by atoms with Gasteiger partial charge < -0.3 is 9.47 Å². The quantitative estimate of drug-likeness (QED) is 0.686. The highest BCUT2D eigenvalue weighted by molar-refractivity contribution is 4.79. The van der Waals surface area contributed by atoms with E-state index in [1.807, 2.05) is 0 Å². The zero-order valence-corrected chi connectivity index (χ0v) is 11.3. The highest BCUT2D eigenvalue weighted by atomic mass is 16.7. The maximum atomic E-state index is 5.78. The SMILES string of the molecule is CO[C@@H]1OC[C@@H]2CCCCCCCCCC[C@@H]21. The summed E-state index contributed by atoms with van der Waals surface area (Å²) in [4.78, 5) is 0. The highest BCUT2D eigenvalue weighted by Gasteiger charge is 2.36. The van der Waals surface area contributed by atoms with Crippen LogP contribution in [0.1, 0.15) is 64.2 Å². The Kier molecular flexibility index (Phi) is 5.79. The predicted molar refractivity (Wildman–Crippen MR) is 69.9 cm³/mol. The van der Waals surface area contributed by atoms with Gasteiger partial charge in [-0.1, -0.05) is 51.4 Å². The summed E-state index contributed by atoms with van der Waals surface area (Å²) in [6, 6.07) is 0. The minimum absolute atomic E-state index is 0.0861. The Morgan fingerprint density at radius 3 is 2.06 bits per heavy atom. The smallest absolute Gasteiger partial charge is 0.160 e. The number of ether oxygens (including phenoxy) is 2. The second-order valence-corrected chi connectivity index (χ2v) is 5.77. The fraction of sp³-hybridized carbons (Fsp3) is 1.00. The van der Waals surface area contributed by atoms with Gasteiger partial charge in [0.15, 0.2) is 6.29 Å². The molecule has 0 spiro atoms. The van der Waals surface area contributed by atoms with Crippen molar-refractivity contribution >= 4 is 0 Å². The van der Waals surface area contributed by atoms with Gasteiger partial charge in [-0.2, -0.15) is 0 Å². The number of rotatable bonds is 1. The van der Waals surface area contributed by atoms with Crippen molar-refractivity contribution in [2.75, 3.05) is 13.7 Å². The molecule has 17 heavy (non-hydrogen) atoms. The minimum atomic E-state index is 0.0861. The average molecular weight is 240 g/mol. The third kappa shape index (κ3) is 3.96. The molecular formula is C15H28O2. The molecule has 2 nitrogen and oxygen atoms in total. The highest BCUT2D eigenvalue weighted by Crippen LogP contribution is 2.35. The fourth-order valence-corrected chi connectivity index (χ4v) is 3.45. The molecule has 0 aromatic heterocycles. The van der Waals surface area contributed by atoms with Crippen molar-refractivity contribution in [2.45, 2.75) is 70.5 Å². The molecule has 100 valence electrons. The Morgan fingerprint density at radius 1 is 0.824 bits per heavy atom. The largest absolute Gasteiger partial charge is 0.356 e. The molecule has 1 heterocycles. The first-order valence-corrected chi connectivity index (χ1v) is 7.56. The van der Waals surface area contributed by atoms with Gasteiger partial charge in [0, 0.05) is 13.0 Å². The van der Waals surface area contributed by atoms with Gasteiger partial charge in [-0.15, -0.1) is 0 Å². The standard InChI is InChI=1S/C15H28O2/c1-16-15-14-11-9-7-5-3-2-4-6-8-10-13(14)12-17-15/h13-15H,2-12H2,1H3/t13-,14-,15+/m0/s1. The van der Waals surface area contributed by atoms with Crippen LogP contribution in [0, 0.1) is 11.8 Å². The Balaban J connectivity index is 1.86. The van der Waals surface area contributed by atoms with Crippen molar-refractivity contribution in [1.82, 2.24) is 0 Å². The number of hydrogen-bond donors (Lipinski definition) is 0. The lowest BCUT2D eigenvalue weighted by Gasteiger charge is -2.22. The van der Waals surface area contributed by atoms with Crippen LogP contribution in [-0.2, 0) is 9.47 Å². The molecule has 0 amide bonds. The van der Waals surface area contributed by atoms with Gasteiger partial charge in [-0.05, 0) is 18.8 Å². The van der Waals surface area contributed by atoms with Crippen LogP contribution in [0.4, 0.5) is 0 Å². The lowest BCUT2D eigenvalue weighted by Crippen LogP contribution is -2.22. The molecule has 1 saturated carbocycles. The first-order valence-electron chi connectivity index (χ1n) is 7.56. The van der Waals surface area contributed by atoms with Crippen molar-refractivity contribution in [1.29, 1.82) is 0 Å². The summed E-state index contributed by atoms with van der Waals surface area (Å²) >= 11 is 0. The first kappa shape index (κ1) is 13.4. The van der Waals surface area contributed by atoms with Gasteiger partial charge in [-0.3, -0.25) is 0 Å². The van der Waals surface area contributed by atoms with Gasteiger partial charge in [0.05, 0.1) is 6.61 Å². The van der Waals surface area contributed by atoms with Crippen molar-refractivity contribution in [3.63, 3.8) is 0 Å². The van der Waals surface area contributed by atoms with Crippen molar-refractivity contribution in [3.05, 3.63) is 0 Å². The molecule has 0 aromatic carbocycles. The normalized spacial score (nSPS) is 36.9. The van der Waals surface area contributed by atoms with Crippen molar-refractivity contribution in [3.8, 4) is 0 Å². The van der Waals surface area contributed by atoms with E-state index in [0.29, 0.717) is 5.92 Å². The zero-order chi connectivity index (χ0) is 11.9. The Bertz CT molecular complexity index is 205.